The number of nitrogens with two attached hydrogens (primary N) is 1. The first-order valence-electron chi connectivity index (χ1n) is 7.99. The third-order valence-corrected chi connectivity index (χ3v) is 5.36. The number of rotatable bonds is 6. The number of amides is 2. The molecule has 8 nitrogen and oxygen atoms in total. The van der Waals surface area contributed by atoms with Gasteiger partial charge in [-0.1, -0.05) is 0 Å². The highest BCUT2D eigenvalue weighted by atomic mass is 32.1. The number of thiophene rings is 1. The second-order valence-corrected chi connectivity index (χ2v) is 7.07. The minimum absolute atomic E-state index is 0.0130. The molecule has 0 aliphatic heterocycles. The molecule has 0 saturated heterocycles. The first-order chi connectivity index (χ1) is 12.4. The van der Waals surface area contributed by atoms with E-state index in [1.165, 1.54) is 29.5 Å². The van der Waals surface area contributed by atoms with Crippen LogP contribution in [-0.2, 0) is 17.6 Å². The topological polar surface area (TPSA) is 125 Å². The van der Waals surface area contributed by atoms with Gasteiger partial charge in [0.05, 0.1) is 10.5 Å². The SMILES string of the molecule is Cc1cc(OCC(=O)Nc2sc3c(c2C(N)=O)CCC3)ccc1[N+](=O)[O-]. The van der Waals surface area contributed by atoms with E-state index in [1.54, 1.807) is 6.92 Å². The fraction of sp³-hybridized carbons (Fsp3) is 0.294. The van der Waals surface area contributed by atoms with E-state index in [-0.39, 0.29) is 12.3 Å². The fourth-order valence-corrected chi connectivity index (χ4v) is 4.30. The zero-order valence-corrected chi connectivity index (χ0v) is 14.9. The number of fused-ring (bicyclic) bond motifs is 1. The first kappa shape index (κ1) is 17.9. The number of hydrogen-bond donors (Lipinski definition) is 2. The van der Waals surface area contributed by atoms with Gasteiger partial charge in [0.2, 0.25) is 0 Å². The molecule has 26 heavy (non-hydrogen) atoms. The summed E-state index contributed by atoms with van der Waals surface area (Å²) in [6.07, 6.45) is 2.66. The molecule has 0 unspecified atom stereocenters. The van der Waals surface area contributed by atoms with Gasteiger partial charge in [0.15, 0.2) is 6.61 Å². The van der Waals surface area contributed by atoms with Crippen LogP contribution in [0.3, 0.4) is 0 Å². The number of anilines is 1. The summed E-state index contributed by atoms with van der Waals surface area (Å²) in [5.41, 5.74) is 7.21. The van der Waals surface area contributed by atoms with Crippen LogP contribution in [0, 0.1) is 17.0 Å². The number of nitrogens with one attached hydrogen (secondary N) is 1. The molecular formula is C17H17N3O5S. The predicted molar refractivity (Wildman–Crippen MR) is 96.8 cm³/mol. The van der Waals surface area contributed by atoms with Crippen molar-refractivity contribution >= 4 is 33.8 Å². The summed E-state index contributed by atoms with van der Waals surface area (Å²) in [5.74, 6) is -0.623. The number of nitro groups is 1. The Kier molecular flexibility index (Phi) is 4.90. The predicted octanol–water partition coefficient (Wildman–Crippen LogP) is 2.57. The van der Waals surface area contributed by atoms with E-state index in [1.807, 2.05) is 0 Å². The Labute approximate surface area is 153 Å². The average Bonchev–Trinajstić information content (AvgIpc) is 3.12. The van der Waals surface area contributed by atoms with E-state index in [0.29, 0.717) is 21.9 Å². The molecule has 0 atom stereocenters. The van der Waals surface area contributed by atoms with Crippen molar-refractivity contribution in [2.45, 2.75) is 26.2 Å². The molecule has 1 aromatic carbocycles. The molecule has 1 aliphatic carbocycles. The van der Waals surface area contributed by atoms with Crippen LogP contribution < -0.4 is 15.8 Å². The van der Waals surface area contributed by atoms with E-state index < -0.39 is 16.7 Å². The van der Waals surface area contributed by atoms with Gasteiger partial charge in [-0.3, -0.25) is 19.7 Å². The quantitative estimate of drug-likeness (QED) is 0.593. The summed E-state index contributed by atoms with van der Waals surface area (Å²) in [4.78, 5) is 35.3. The van der Waals surface area contributed by atoms with Crippen molar-refractivity contribution in [3.05, 3.63) is 49.9 Å². The molecule has 2 aromatic rings. The van der Waals surface area contributed by atoms with E-state index in [4.69, 9.17) is 10.5 Å². The number of nitro benzene ring substituents is 1. The summed E-state index contributed by atoms with van der Waals surface area (Å²) in [6.45, 7) is 1.31. The van der Waals surface area contributed by atoms with Gasteiger partial charge < -0.3 is 15.8 Å². The van der Waals surface area contributed by atoms with Gasteiger partial charge in [-0.2, -0.15) is 0 Å². The highest BCUT2D eigenvalue weighted by Gasteiger charge is 2.26. The van der Waals surface area contributed by atoms with Crippen LogP contribution in [0.2, 0.25) is 0 Å². The highest BCUT2D eigenvalue weighted by molar-refractivity contribution is 7.17. The van der Waals surface area contributed by atoms with Crippen LogP contribution in [-0.4, -0.2) is 23.3 Å². The molecule has 0 bridgehead atoms. The van der Waals surface area contributed by atoms with E-state index in [0.717, 1.165) is 29.7 Å². The molecule has 0 radical (unpaired) electrons. The molecule has 2 amide bonds. The summed E-state index contributed by atoms with van der Waals surface area (Å²) < 4.78 is 5.39. The van der Waals surface area contributed by atoms with Crippen LogP contribution >= 0.6 is 11.3 Å². The molecule has 0 saturated carbocycles. The highest BCUT2D eigenvalue weighted by Crippen LogP contribution is 2.38. The molecule has 1 aromatic heterocycles. The zero-order valence-electron chi connectivity index (χ0n) is 14.0. The molecule has 9 heteroatoms. The number of aryl methyl sites for hydroxylation is 2. The second-order valence-electron chi connectivity index (χ2n) is 5.97. The Morgan fingerprint density at radius 3 is 2.81 bits per heavy atom. The number of ether oxygens (including phenoxy) is 1. The van der Waals surface area contributed by atoms with Crippen molar-refractivity contribution in [2.24, 2.45) is 5.73 Å². The number of benzene rings is 1. The lowest BCUT2D eigenvalue weighted by atomic mass is 10.1. The third kappa shape index (κ3) is 3.52. The summed E-state index contributed by atoms with van der Waals surface area (Å²) in [6, 6.07) is 4.27. The van der Waals surface area contributed by atoms with Gasteiger partial charge in [-0.15, -0.1) is 11.3 Å². The van der Waals surface area contributed by atoms with E-state index in [9.17, 15) is 19.7 Å². The number of carbonyl (C=O) groups excluding carboxylic acids is 2. The average molecular weight is 375 g/mol. The minimum Gasteiger partial charge on any atom is -0.484 e. The summed E-state index contributed by atoms with van der Waals surface area (Å²) >= 11 is 1.37. The normalized spacial score (nSPS) is 12.5. The second kappa shape index (κ2) is 7.12. The minimum atomic E-state index is -0.549. The molecular weight excluding hydrogens is 358 g/mol. The van der Waals surface area contributed by atoms with Crippen molar-refractivity contribution in [2.75, 3.05) is 11.9 Å². The maximum atomic E-state index is 12.2. The van der Waals surface area contributed by atoms with Crippen molar-refractivity contribution < 1.29 is 19.2 Å². The molecule has 3 rings (SSSR count). The lowest BCUT2D eigenvalue weighted by Gasteiger charge is -2.08. The molecule has 1 heterocycles. The van der Waals surface area contributed by atoms with Gasteiger partial charge in [-0.25, -0.2) is 0 Å². The summed E-state index contributed by atoms with van der Waals surface area (Å²) in [5, 5.41) is 13.9. The van der Waals surface area contributed by atoms with Gasteiger partial charge in [0.1, 0.15) is 10.8 Å². The fourth-order valence-electron chi connectivity index (χ4n) is 2.99. The lowest BCUT2D eigenvalue weighted by Crippen LogP contribution is -2.22. The van der Waals surface area contributed by atoms with Crippen LogP contribution in [0.25, 0.3) is 0 Å². The molecule has 1 aliphatic rings. The Hall–Kier alpha value is -2.94. The largest absolute Gasteiger partial charge is 0.484 e. The Morgan fingerprint density at radius 1 is 1.38 bits per heavy atom. The Balaban J connectivity index is 1.66. The molecule has 136 valence electrons. The van der Waals surface area contributed by atoms with Crippen LogP contribution in [0.15, 0.2) is 18.2 Å². The molecule has 3 N–H and O–H groups in total. The standard InChI is InChI=1S/C17H17N3O5S/c1-9-7-10(5-6-12(9)20(23)24)25-8-14(21)19-17-15(16(18)22)11-3-2-4-13(11)26-17/h5-7H,2-4,8H2,1H3,(H2,18,22)(H,19,21). The number of hydrogen-bond acceptors (Lipinski definition) is 6. The zero-order chi connectivity index (χ0) is 18.8. The monoisotopic (exact) mass is 375 g/mol. The van der Waals surface area contributed by atoms with E-state index >= 15 is 0 Å². The Morgan fingerprint density at radius 2 is 2.15 bits per heavy atom. The van der Waals surface area contributed by atoms with Gasteiger partial charge in [-0.05, 0) is 43.9 Å². The molecule has 0 fully saturated rings. The van der Waals surface area contributed by atoms with Gasteiger partial charge in [0, 0.05) is 16.5 Å². The Bertz CT molecular complexity index is 906. The van der Waals surface area contributed by atoms with Crippen molar-refractivity contribution in [1.29, 1.82) is 0 Å². The maximum Gasteiger partial charge on any atom is 0.272 e. The van der Waals surface area contributed by atoms with Crippen LogP contribution in [0.4, 0.5) is 10.7 Å². The van der Waals surface area contributed by atoms with Crippen molar-refractivity contribution in [1.82, 2.24) is 0 Å². The molecule has 0 spiro atoms. The smallest absolute Gasteiger partial charge is 0.272 e. The number of carbonyl (C=O) groups is 2. The summed E-state index contributed by atoms with van der Waals surface area (Å²) in [7, 11) is 0. The first-order valence-corrected chi connectivity index (χ1v) is 8.80. The van der Waals surface area contributed by atoms with Crippen molar-refractivity contribution in [3.8, 4) is 5.75 Å². The van der Waals surface area contributed by atoms with E-state index in [2.05, 4.69) is 5.32 Å². The van der Waals surface area contributed by atoms with Crippen LogP contribution in [0.1, 0.15) is 32.8 Å². The van der Waals surface area contributed by atoms with Crippen LogP contribution in [0.5, 0.6) is 5.75 Å². The lowest BCUT2D eigenvalue weighted by molar-refractivity contribution is -0.385. The number of nitrogens with zero attached hydrogens (tertiary/aromatic N) is 1. The number of primary amides is 1. The van der Waals surface area contributed by atoms with Gasteiger partial charge in [0.25, 0.3) is 17.5 Å². The maximum absolute atomic E-state index is 12.2. The van der Waals surface area contributed by atoms with Gasteiger partial charge >= 0.3 is 0 Å². The third-order valence-electron chi connectivity index (χ3n) is 4.16. The van der Waals surface area contributed by atoms with Crippen molar-refractivity contribution in [3.63, 3.8) is 0 Å².